The van der Waals surface area contributed by atoms with Gasteiger partial charge in [0.15, 0.2) is 0 Å². The summed E-state index contributed by atoms with van der Waals surface area (Å²) in [5.74, 6) is 0.583. The second kappa shape index (κ2) is 6.98. The minimum Gasteiger partial charge on any atom is -0.339 e. The Hall–Kier alpha value is -2.96. The van der Waals surface area contributed by atoms with Gasteiger partial charge in [0.1, 0.15) is 0 Å². The first-order chi connectivity index (χ1) is 13.0. The summed E-state index contributed by atoms with van der Waals surface area (Å²) in [6, 6.07) is 8.55. The van der Waals surface area contributed by atoms with Crippen LogP contribution in [-0.4, -0.2) is 63.8 Å². The van der Waals surface area contributed by atoms with Crippen LogP contribution in [0.2, 0.25) is 0 Å². The molecule has 7 heteroatoms. The third kappa shape index (κ3) is 3.25. The molecule has 2 aromatic rings. The Balaban J connectivity index is 1.48. The molecule has 1 fully saturated rings. The van der Waals surface area contributed by atoms with Crippen LogP contribution in [0, 0.1) is 0 Å². The van der Waals surface area contributed by atoms with Crippen molar-refractivity contribution in [3.05, 3.63) is 47.8 Å². The Labute approximate surface area is 158 Å². The molecule has 4 rings (SSSR count). The Morgan fingerprint density at radius 2 is 1.63 bits per heavy atom. The van der Waals surface area contributed by atoms with Crippen molar-refractivity contribution in [1.29, 1.82) is 0 Å². The minimum atomic E-state index is -0.0837. The van der Waals surface area contributed by atoms with Crippen molar-refractivity contribution in [1.82, 2.24) is 19.8 Å². The number of nitrogens with zero attached hydrogens (tertiary/aromatic N) is 5. The molecule has 1 unspecified atom stereocenters. The highest BCUT2D eigenvalue weighted by atomic mass is 16.2. The minimum absolute atomic E-state index is 0.0507. The fraction of sp³-hybridized carbons (Fsp3) is 0.400. The molecule has 27 heavy (non-hydrogen) atoms. The summed E-state index contributed by atoms with van der Waals surface area (Å²) in [5, 5.41) is 0. The van der Waals surface area contributed by atoms with E-state index in [1.807, 2.05) is 12.1 Å². The molecule has 0 spiro atoms. The van der Waals surface area contributed by atoms with E-state index in [-0.39, 0.29) is 17.9 Å². The Bertz CT molecular complexity index is 859. The zero-order chi connectivity index (χ0) is 19.0. The average Bonchev–Trinajstić information content (AvgIpc) is 3.03. The molecule has 0 saturated carbocycles. The quantitative estimate of drug-likeness (QED) is 0.813. The van der Waals surface area contributed by atoms with Crippen molar-refractivity contribution in [2.24, 2.45) is 0 Å². The molecule has 7 nitrogen and oxygen atoms in total. The highest BCUT2D eigenvalue weighted by Gasteiger charge is 2.29. The second-order valence-electron chi connectivity index (χ2n) is 7.12. The van der Waals surface area contributed by atoms with Gasteiger partial charge in [-0.05, 0) is 25.0 Å². The molecule has 1 atom stereocenters. The van der Waals surface area contributed by atoms with E-state index in [2.05, 4.69) is 33.9 Å². The third-order valence-corrected chi connectivity index (χ3v) is 5.32. The number of rotatable bonds is 2. The van der Waals surface area contributed by atoms with Gasteiger partial charge in [0.05, 0.1) is 5.56 Å². The van der Waals surface area contributed by atoms with Gasteiger partial charge in [0.25, 0.3) is 5.91 Å². The van der Waals surface area contributed by atoms with Gasteiger partial charge in [0.2, 0.25) is 11.9 Å². The van der Waals surface area contributed by atoms with E-state index >= 15 is 0 Å². The van der Waals surface area contributed by atoms with Crippen LogP contribution in [0.1, 0.15) is 29.8 Å². The number of hydrogen-bond acceptors (Lipinski definition) is 5. The maximum absolute atomic E-state index is 12.7. The van der Waals surface area contributed by atoms with Crippen molar-refractivity contribution >= 4 is 23.5 Å². The van der Waals surface area contributed by atoms with Crippen LogP contribution < -0.4 is 4.90 Å². The highest BCUT2D eigenvalue weighted by molar-refractivity contribution is 5.94. The standard InChI is InChI=1S/C20H23N5O2/c1-14-11-16-5-3-4-6-18(16)25(14)20-21-12-17(13-22-20)19(27)24-9-7-23(8-10-24)15(2)26/h3-6,12-14H,7-11H2,1-2H3. The van der Waals surface area contributed by atoms with Crippen LogP contribution in [0.25, 0.3) is 0 Å². The van der Waals surface area contributed by atoms with E-state index in [1.165, 1.54) is 5.56 Å². The first kappa shape index (κ1) is 17.5. The molecular formula is C20H23N5O2. The van der Waals surface area contributed by atoms with Crippen LogP contribution in [0.5, 0.6) is 0 Å². The van der Waals surface area contributed by atoms with Crippen LogP contribution in [0.15, 0.2) is 36.7 Å². The lowest BCUT2D eigenvalue weighted by Crippen LogP contribution is -2.50. The van der Waals surface area contributed by atoms with Gasteiger partial charge in [0, 0.05) is 57.2 Å². The van der Waals surface area contributed by atoms with E-state index in [0.717, 1.165) is 12.1 Å². The van der Waals surface area contributed by atoms with E-state index in [9.17, 15) is 9.59 Å². The summed E-state index contributed by atoms with van der Waals surface area (Å²) in [5.41, 5.74) is 2.90. The number of amides is 2. The fourth-order valence-corrected chi connectivity index (χ4v) is 3.83. The number of aromatic nitrogens is 2. The van der Waals surface area contributed by atoms with Gasteiger partial charge in [-0.1, -0.05) is 18.2 Å². The zero-order valence-electron chi connectivity index (χ0n) is 15.6. The van der Waals surface area contributed by atoms with Crippen LogP contribution in [-0.2, 0) is 11.2 Å². The number of benzene rings is 1. The number of piperazine rings is 1. The summed E-state index contributed by atoms with van der Waals surface area (Å²) >= 11 is 0. The number of carbonyl (C=O) groups is 2. The average molecular weight is 365 g/mol. The lowest BCUT2D eigenvalue weighted by molar-refractivity contribution is -0.130. The molecule has 3 heterocycles. The first-order valence-electron chi connectivity index (χ1n) is 9.28. The smallest absolute Gasteiger partial charge is 0.257 e. The predicted molar refractivity (Wildman–Crippen MR) is 102 cm³/mol. The summed E-state index contributed by atoms with van der Waals surface area (Å²) in [7, 11) is 0. The molecule has 0 bridgehead atoms. The van der Waals surface area contributed by atoms with Gasteiger partial charge in [-0.3, -0.25) is 9.59 Å². The number of fused-ring (bicyclic) bond motifs is 1. The molecule has 0 N–H and O–H groups in total. The molecular weight excluding hydrogens is 342 g/mol. The third-order valence-electron chi connectivity index (χ3n) is 5.32. The fourth-order valence-electron chi connectivity index (χ4n) is 3.83. The van der Waals surface area contributed by atoms with Crippen LogP contribution in [0.3, 0.4) is 0 Å². The van der Waals surface area contributed by atoms with Crippen molar-refractivity contribution in [2.45, 2.75) is 26.3 Å². The van der Waals surface area contributed by atoms with Crippen molar-refractivity contribution in [3.63, 3.8) is 0 Å². The molecule has 2 amide bonds. The number of para-hydroxylation sites is 1. The second-order valence-corrected chi connectivity index (χ2v) is 7.12. The molecule has 0 radical (unpaired) electrons. The van der Waals surface area contributed by atoms with E-state index in [0.29, 0.717) is 37.7 Å². The van der Waals surface area contributed by atoms with E-state index in [1.54, 1.807) is 29.1 Å². The molecule has 140 valence electrons. The van der Waals surface area contributed by atoms with Gasteiger partial charge in [-0.25, -0.2) is 9.97 Å². The largest absolute Gasteiger partial charge is 0.339 e. The van der Waals surface area contributed by atoms with Crippen molar-refractivity contribution in [3.8, 4) is 0 Å². The van der Waals surface area contributed by atoms with Gasteiger partial charge in [-0.2, -0.15) is 0 Å². The number of anilines is 2. The molecule has 2 aliphatic heterocycles. The molecule has 0 aliphatic carbocycles. The molecule has 1 aromatic heterocycles. The first-order valence-corrected chi connectivity index (χ1v) is 9.28. The number of carbonyl (C=O) groups excluding carboxylic acids is 2. The Morgan fingerprint density at radius 1 is 1.00 bits per heavy atom. The van der Waals surface area contributed by atoms with Crippen LogP contribution >= 0.6 is 0 Å². The van der Waals surface area contributed by atoms with Gasteiger partial charge >= 0.3 is 0 Å². The van der Waals surface area contributed by atoms with Crippen molar-refractivity contribution in [2.75, 3.05) is 31.1 Å². The van der Waals surface area contributed by atoms with Gasteiger partial charge < -0.3 is 14.7 Å². The Morgan fingerprint density at radius 3 is 2.30 bits per heavy atom. The monoisotopic (exact) mass is 365 g/mol. The summed E-state index contributed by atoms with van der Waals surface area (Å²) in [4.78, 5) is 38.7. The summed E-state index contributed by atoms with van der Waals surface area (Å²) in [6.07, 6.45) is 4.17. The van der Waals surface area contributed by atoms with Crippen molar-refractivity contribution < 1.29 is 9.59 Å². The molecule has 1 saturated heterocycles. The Kier molecular flexibility index (Phi) is 4.51. The molecule has 2 aliphatic rings. The normalized spacial score (nSPS) is 19.2. The highest BCUT2D eigenvalue weighted by Crippen LogP contribution is 2.36. The zero-order valence-corrected chi connectivity index (χ0v) is 15.6. The lowest BCUT2D eigenvalue weighted by Gasteiger charge is -2.34. The summed E-state index contributed by atoms with van der Waals surface area (Å²) in [6.45, 7) is 5.93. The number of hydrogen-bond donors (Lipinski definition) is 0. The molecule has 1 aromatic carbocycles. The maximum Gasteiger partial charge on any atom is 0.257 e. The SMILES string of the molecule is CC(=O)N1CCN(C(=O)c2cnc(N3c4ccccc4CC3C)nc2)CC1. The van der Waals surface area contributed by atoms with E-state index in [4.69, 9.17) is 0 Å². The lowest BCUT2D eigenvalue weighted by atomic mass is 10.1. The van der Waals surface area contributed by atoms with Crippen LogP contribution in [0.4, 0.5) is 11.6 Å². The maximum atomic E-state index is 12.7. The van der Waals surface area contributed by atoms with E-state index < -0.39 is 0 Å². The summed E-state index contributed by atoms with van der Waals surface area (Å²) < 4.78 is 0. The van der Waals surface area contributed by atoms with Gasteiger partial charge in [-0.15, -0.1) is 0 Å². The predicted octanol–water partition coefficient (Wildman–Crippen LogP) is 1.86. The topological polar surface area (TPSA) is 69.6 Å².